The van der Waals surface area contributed by atoms with Gasteiger partial charge >= 0.3 is 6.03 Å². The largest absolute Gasteiger partial charge is 0.497 e. The lowest BCUT2D eigenvalue weighted by atomic mass is 9.90. The Kier molecular flexibility index (Phi) is 5.81. The third-order valence-corrected chi connectivity index (χ3v) is 5.21. The lowest BCUT2D eigenvalue weighted by Crippen LogP contribution is -2.64. The molecule has 1 N–H and O–H groups in total. The van der Waals surface area contributed by atoms with Crippen LogP contribution in [-0.2, 0) is 0 Å². The van der Waals surface area contributed by atoms with Crippen LogP contribution in [0.5, 0.6) is 5.75 Å². The van der Waals surface area contributed by atoms with Crippen molar-refractivity contribution in [3.8, 4) is 5.75 Å². The van der Waals surface area contributed by atoms with Crippen molar-refractivity contribution in [1.82, 2.24) is 14.7 Å². The minimum Gasteiger partial charge on any atom is -0.497 e. The molecule has 2 atom stereocenters. The second-order valence-electron chi connectivity index (χ2n) is 7.36. The Labute approximate surface area is 150 Å². The number of hydrogen-bond acceptors (Lipinski definition) is 4. The lowest BCUT2D eigenvalue weighted by Gasteiger charge is -2.52. The van der Waals surface area contributed by atoms with E-state index in [4.69, 9.17) is 4.74 Å². The first-order valence-corrected chi connectivity index (χ1v) is 9.17. The summed E-state index contributed by atoms with van der Waals surface area (Å²) in [6.45, 7) is 3.93. The maximum Gasteiger partial charge on any atom is 0.321 e. The van der Waals surface area contributed by atoms with Gasteiger partial charge in [0, 0.05) is 37.4 Å². The monoisotopic (exact) mass is 346 g/mol. The summed E-state index contributed by atoms with van der Waals surface area (Å²) in [5.74, 6) is 0.793. The second-order valence-corrected chi connectivity index (χ2v) is 7.36. The van der Waals surface area contributed by atoms with Crippen LogP contribution in [-0.4, -0.2) is 80.2 Å². The predicted octanol–water partition coefficient (Wildman–Crippen LogP) is 2.33. The number of carbonyl (C=O) groups excluding carboxylic acids is 1. The van der Waals surface area contributed by atoms with Crippen LogP contribution in [0.25, 0.3) is 0 Å². The van der Waals surface area contributed by atoms with E-state index in [1.807, 2.05) is 29.2 Å². The maximum atomic E-state index is 12.7. The second kappa shape index (κ2) is 8.06. The van der Waals surface area contributed by atoms with Crippen molar-refractivity contribution in [2.24, 2.45) is 0 Å². The highest BCUT2D eigenvalue weighted by molar-refractivity contribution is 5.89. The van der Waals surface area contributed by atoms with Crippen molar-refractivity contribution >= 4 is 11.7 Å². The highest BCUT2D eigenvalue weighted by atomic mass is 16.5. The molecule has 0 spiro atoms. The van der Waals surface area contributed by atoms with Crippen molar-refractivity contribution in [1.29, 1.82) is 0 Å². The van der Waals surface area contributed by atoms with E-state index in [0.29, 0.717) is 12.1 Å². The van der Waals surface area contributed by atoms with E-state index >= 15 is 0 Å². The maximum absolute atomic E-state index is 12.7. The van der Waals surface area contributed by atoms with Gasteiger partial charge in [0.05, 0.1) is 7.11 Å². The van der Waals surface area contributed by atoms with Gasteiger partial charge in [-0.25, -0.2) is 4.79 Å². The summed E-state index contributed by atoms with van der Waals surface area (Å²) in [5.41, 5.74) is 0.809. The summed E-state index contributed by atoms with van der Waals surface area (Å²) in [7, 11) is 5.90. The van der Waals surface area contributed by atoms with Crippen LogP contribution in [0, 0.1) is 0 Å². The number of fused-ring (bicyclic) bond motifs is 1. The van der Waals surface area contributed by atoms with Crippen molar-refractivity contribution < 1.29 is 9.53 Å². The Morgan fingerprint density at radius 3 is 2.64 bits per heavy atom. The van der Waals surface area contributed by atoms with Crippen molar-refractivity contribution in [2.45, 2.75) is 31.3 Å². The molecule has 25 heavy (non-hydrogen) atoms. The minimum absolute atomic E-state index is 0.00285. The number of amides is 2. The fourth-order valence-electron chi connectivity index (χ4n) is 3.89. The molecular weight excluding hydrogens is 316 g/mol. The number of anilines is 1. The molecule has 2 fully saturated rings. The predicted molar refractivity (Wildman–Crippen MR) is 100 cm³/mol. The van der Waals surface area contributed by atoms with Crippen LogP contribution < -0.4 is 10.1 Å². The molecule has 1 aromatic carbocycles. The molecule has 1 aromatic rings. The SMILES string of the molecule is COc1ccc(NC(=O)N2CCCCN3[C@H](C[C@H]3CN(C)C)C2)cc1. The lowest BCUT2D eigenvalue weighted by molar-refractivity contribution is -0.0192. The molecule has 0 bridgehead atoms. The molecule has 0 radical (unpaired) electrons. The fraction of sp³-hybridized carbons (Fsp3) is 0.632. The molecule has 0 saturated carbocycles. The molecule has 2 amide bonds. The van der Waals surface area contributed by atoms with Crippen LogP contribution in [0.2, 0.25) is 0 Å². The number of likely N-dealkylation sites (N-methyl/N-ethyl adjacent to an activating group) is 1. The fourth-order valence-corrected chi connectivity index (χ4v) is 3.89. The van der Waals surface area contributed by atoms with Gasteiger partial charge in [0.25, 0.3) is 0 Å². The topological polar surface area (TPSA) is 48.1 Å². The number of methoxy groups -OCH3 is 1. The van der Waals surface area contributed by atoms with Gasteiger partial charge in [0.2, 0.25) is 0 Å². The molecule has 138 valence electrons. The van der Waals surface area contributed by atoms with E-state index in [1.54, 1.807) is 7.11 Å². The molecule has 2 saturated heterocycles. The number of hydrogen-bond donors (Lipinski definition) is 1. The van der Waals surface area contributed by atoms with Gasteiger partial charge in [-0.05, 0) is 64.2 Å². The van der Waals surface area contributed by atoms with Crippen molar-refractivity contribution in [3.05, 3.63) is 24.3 Å². The smallest absolute Gasteiger partial charge is 0.321 e. The Bertz CT molecular complexity index is 575. The Balaban J connectivity index is 1.57. The normalized spacial score (nSPS) is 24.1. The standard InChI is InChI=1S/C19H30N4O2/c1-21(2)13-16-12-17-14-22(10-4-5-11-23(16)17)19(24)20-15-6-8-18(25-3)9-7-15/h6-9,16-17H,4-5,10-14H2,1-3H3,(H,20,24)/t16-,17+/m0/s1. The third-order valence-electron chi connectivity index (χ3n) is 5.21. The molecule has 6 heteroatoms. The molecule has 2 aliphatic rings. The Morgan fingerprint density at radius 1 is 1.24 bits per heavy atom. The molecule has 3 rings (SSSR count). The zero-order valence-electron chi connectivity index (χ0n) is 15.6. The van der Waals surface area contributed by atoms with Gasteiger partial charge in [0.15, 0.2) is 0 Å². The van der Waals surface area contributed by atoms with Crippen LogP contribution in [0.1, 0.15) is 19.3 Å². The van der Waals surface area contributed by atoms with Gasteiger partial charge in [-0.15, -0.1) is 0 Å². The first-order chi connectivity index (χ1) is 12.1. The quantitative estimate of drug-likeness (QED) is 0.909. The summed E-state index contributed by atoms with van der Waals surface area (Å²) in [5, 5.41) is 3.02. The van der Waals surface area contributed by atoms with Crippen molar-refractivity contribution in [3.63, 3.8) is 0 Å². The highest BCUT2D eigenvalue weighted by Crippen LogP contribution is 2.29. The number of urea groups is 1. The summed E-state index contributed by atoms with van der Waals surface area (Å²) in [4.78, 5) is 19.5. The number of nitrogens with one attached hydrogen (secondary N) is 1. The number of nitrogens with zero attached hydrogens (tertiary/aromatic N) is 3. The molecule has 2 heterocycles. The zero-order chi connectivity index (χ0) is 17.8. The van der Waals surface area contributed by atoms with Crippen LogP contribution in [0.15, 0.2) is 24.3 Å². The molecule has 0 aromatic heterocycles. The van der Waals surface area contributed by atoms with Gasteiger partial charge in [-0.3, -0.25) is 4.90 Å². The molecule has 6 nitrogen and oxygen atoms in total. The zero-order valence-corrected chi connectivity index (χ0v) is 15.6. The summed E-state index contributed by atoms with van der Waals surface area (Å²) in [6.07, 6.45) is 3.41. The molecular formula is C19H30N4O2. The Hall–Kier alpha value is -1.79. The number of ether oxygens (including phenoxy) is 1. The average molecular weight is 346 g/mol. The summed E-state index contributed by atoms with van der Waals surface area (Å²) >= 11 is 0. The van der Waals surface area contributed by atoms with E-state index < -0.39 is 0 Å². The first-order valence-electron chi connectivity index (χ1n) is 9.17. The molecule has 0 aliphatic carbocycles. The van der Waals surface area contributed by atoms with Crippen molar-refractivity contribution in [2.75, 3.05) is 52.7 Å². The summed E-state index contributed by atoms with van der Waals surface area (Å²) < 4.78 is 5.16. The summed E-state index contributed by atoms with van der Waals surface area (Å²) in [6, 6.07) is 8.64. The molecule has 0 unspecified atom stereocenters. The molecule has 2 aliphatic heterocycles. The number of benzene rings is 1. The first kappa shape index (κ1) is 18.0. The minimum atomic E-state index is 0.00285. The third kappa shape index (κ3) is 4.44. The Morgan fingerprint density at radius 2 is 1.96 bits per heavy atom. The van der Waals surface area contributed by atoms with E-state index in [2.05, 4.69) is 29.2 Å². The van der Waals surface area contributed by atoms with E-state index in [-0.39, 0.29) is 6.03 Å². The average Bonchev–Trinajstić information content (AvgIpc) is 2.57. The number of rotatable bonds is 4. The van der Waals surface area contributed by atoms with E-state index in [1.165, 1.54) is 6.42 Å². The van der Waals surface area contributed by atoms with Crippen LogP contribution in [0.3, 0.4) is 0 Å². The van der Waals surface area contributed by atoms with Crippen LogP contribution >= 0.6 is 0 Å². The van der Waals surface area contributed by atoms with Gasteiger partial charge in [0.1, 0.15) is 5.75 Å². The van der Waals surface area contributed by atoms with E-state index in [0.717, 1.165) is 50.5 Å². The van der Waals surface area contributed by atoms with Gasteiger partial charge in [-0.2, -0.15) is 0 Å². The number of carbonyl (C=O) groups is 1. The van der Waals surface area contributed by atoms with Gasteiger partial charge < -0.3 is 19.9 Å². The highest BCUT2D eigenvalue weighted by Gasteiger charge is 2.40. The van der Waals surface area contributed by atoms with Gasteiger partial charge in [-0.1, -0.05) is 0 Å². The van der Waals surface area contributed by atoms with Crippen LogP contribution in [0.4, 0.5) is 10.5 Å². The van der Waals surface area contributed by atoms with E-state index in [9.17, 15) is 4.79 Å².